The van der Waals surface area contributed by atoms with Crippen molar-refractivity contribution in [3.05, 3.63) is 11.6 Å². The van der Waals surface area contributed by atoms with Crippen molar-refractivity contribution in [3.8, 4) is 0 Å². The lowest BCUT2D eigenvalue weighted by molar-refractivity contribution is -0.144. The number of hydrogen-bond donors (Lipinski definition) is 1. The number of hydrogen-bond acceptors (Lipinski definition) is 4. The summed E-state index contributed by atoms with van der Waals surface area (Å²) < 4.78 is 11.3. The molecule has 1 atom stereocenters. The van der Waals surface area contributed by atoms with Gasteiger partial charge < -0.3 is 14.4 Å². The first kappa shape index (κ1) is 16.5. The van der Waals surface area contributed by atoms with Crippen LogP contribution in [0.3, 0.4) is 0 Å². The molecule has 1 unspecified atom stereocenters. The summed E-state index contributed by atoms with van der Waals surface area (Å²) in [5.74, 6) is -0.504. The highest BCUT2D eigenvalue weighted by atomic mass is 16.7. The Bertz CT molecular complexity index is 466. The van der Waals surface area contributed by atoms with E-state index in [0.29, 0.717) is 13.2 Å². The molecule has 1 fully saturated rings. The molecule has 0 aliphatic carbocycles. The number of nitrogens with one attached hydrogen (secondary N) is 1. The van der Waals surface area contributed by atoms with E-state index in [0.717, 1.165) is 5.57 Å². The lowest BCUT2D eigenvalue weighted by atomic mass is 9.95. The van der Waals surface area contributed by atoms with Crippen LogP contribution in [0.2, 0.25) is 0 Å². The zero-order valence-electron chi connectivity index (χ0n) is 14.2. The summed E-state index contributed by atoms with van der Waals surface area (Å²) in [6.45, 7) is 13.1. The second kappa shape index (κ2) is 5.07. The first-order valence-electron chi connectivity index (χ1n) is 7.52. The van der Waals surface area contributed by atoms with Crippen LogP contribution < -0.4 is 5.32 Å². The Labute approximate surface area is 127 Å². The van der Waals surface area contributed by atoms with Crippen LogP contribution in [-0.4, -0.2) is 54.0 Å². The third-order valence-corrected chi connectivity index (χ3v) is 3.94. The molecule has 0 aromatic heterocycles. The third kappa shape index (κ3) is 3.65. The number of ether oxygens (including phenoxy) is 2. The predicted molar refractivity (Wildman–Crippen MR) is 81.9 cm³/mol. The van der Waals surface area contributed by atoms with Gasteiger partial charge >= 0.3 is 0 Å². The molecule has 0 radical (unpaired) electrons. The van der Waals surface area contributed by atoms with Crippen molar-refractivity contribution in [2.24, 2.45) is 0 Å². The van der Waals surface area contributed by atoms with Crippen molar-refractivity contribution in [3.63, 3.8) is 0 Å². The van der Waals surface area contributed by atoms with Gasteiger partial charge in [-0.1, -0.05) is 6.08 Å². The van der Waals surface area contributed by atoms with E-state index in [9.17, 15) is 4.79 Å². The summed E-state index contributed by atoms with van der Waals surface area (Å²) in [6, 6.07) is 0. The zero-order valence-corrected chi connectivity index (χ0v) is 14.2. The van der Waals surface area contributed by atoms with Gasteiger partial charge in [-0.3, -0.25) is 10.1 Å². The Morgan fingerprint density at radius 1 is 1.33 bits per heavy atom. The van der Waals surface area contributed by atoms with Crippen LogP contribution in [0, 0.1) is 0 Å². The molecule has 2 heterocycles. The molecule has 0 aromatic rings. The van der Waals surface area contributed by atoms with Gasteiger partial charge in [-0.15, -0.1) is 0 Å². The van der Waals surface area contributed by atoms with Gasteiger partial charge in [-0.05, 0) is 41.5 Å². The molecule has 5 nitrogen and oxygen atoms in total. The van der Waals surface area contributed by atoms with Gasteiger partial charge in [0.1, 0.15) is 6.10 Å². The number of carbonyl (C=O) groups is 1. The molecular formula is C16H28N2O3. The smallest absolute Gasteiger partial charge is 0.251 e. The van der Waals surface area contributed by atoms with Crippen molar-refractivity contribution in [2.45, 2.75) is 64.5 Å². The van der Waals surface area contributed by atoms with E-state index >= 15 is 0 Å². The quantitative estimate of drug-likeness (QED) is 0.861. The van der Waals surface area contributed by atoms with Crippen LogP contribution >= 0.6 is 0 Å². The van der Waals surface area contributed by atoms with Crippen LogP contribution in [0.25, 0.3) is 0 Å². The number of carbonyl (C=O) groups excluding carboxylic acids is 1. The van der Waals surface area contributed by atoms with Crippen LogP contribution in [0.1, 0.15) is 41.5 Å². The van der Waals surface area contributed by atoms with E-state index in [1.165, 1.54) is 0 Å². The molecule has 1 saturated heterocycles. The first-order valence-corrected chi connectivity index (χ1v) is 7.52. The minimum Gasteiger partial charge on any atom is -0.348 e. The van der Waals surface area contributed by atoms with Crippen molar-refractivity contribution in [1.82, 2.24) is 10.2 Å². The van der Waals surface area contributed by atoms with Gasteiger partial charge in [0, 0.05) is 30.2 Å². The van der Waals surface area contributed by atoms with Crippen molar-refractivity contribution >= 4 is 5.91 Å². The van der Waals surface area contributed by atoms with Crippen LogP contribution in [0.4, 0.5) is 0 Å². The molecule has 2 rings (SSSR count). The summed E-state index contributed by atoms with van der Waals surface area (Å²) in [7, 11) is 1.82. The van der Waals surface area contributed by atoms with E-state index in [1.807, 2.05) is 40.8 Å². The van der Waals surface area contributed by atoms with Crippen molar-refractivity contribution in [1.29, 1.82) is 0 Å². The average Bonchev–Trinajstić information content (AvgIpc) is 2.73. The largest absolute Gasteiger partial charge is 0.348 e. The van der Waals surface area contributed by atoms with Crippen LogP contribution in [0.5, 0.6) is 0 Å². The summed E-state index contributed by atoms with van der Waals surface area (Å²) in [5, 5.41) is 3.47. The van der Waals surface area contributed by atoms with Gasteiger partial charge in [0.15, 0.2) is 5.79 Å². The lowest BCUT2D eigenvalue weighted by Crippen LogP contribution is -2.48. The highest BCUT2D eigenvalue weighted by Crippen LogP contribution is 2.31. The Morgan fingerprint density at radius 3 is 2.38 bits per heavy atom. The summed E-state index contributed by atoms with van der Waals surface area (Å²) in [5.41, 5.74) is 0.332. The molecule has 0 aromatic carbocycles. The maximum absolute atomic E-state index is 12.7. The minimum absolute atomic E-state index is 0.0476. The monoisotopic (exact) mass is 296 g/mol. The Balaban J connectivity index is 2.03. The Hall–Kier alpha value is -0.910. The number of nitrogens with zero attached hydrogens (tertiary/aromatic N) is 1. The van der Waals surface area contributed by atoms with Crippen LogP contribution in [-0.2, 0) is 14.3 Å². The first-order chi connectivity index (χ1) is 9.42. The Kier molecular flexibility index (Phi) is 3.98. The molecule has 21 heavy (non-hydrogen) atoms. The molecule has 1 amide bonds. The highest BCUT2D eigenvalue weighted by molar-refractivity contribution is 5.96. The maximum Gasteiger partial charge on any atom is 0.251 e. The average molecular weight is 296 g/mol. The van der Waals surface area contributed by atoms with E-state index < -0.39 is 5.79 Å². The zero-order chi connectivity index (χ0) is 16.1. The number of rotatable bonds is 3. The minimum atomic E-state index is -0.552. The fraction of sp³-hybridized carbons (Fsp3) is 0.812. The van der Waals surface area contributed by atoms with E-state index in [-0.39, 0.29) is 23.1 Å². The van der Waals surface area contributed by atoms with Crippen molar-refractivity contribution < 1.29 is 14.3 Å². The third-order valence-electron chi connectivity index (χ3n) is 3.94. The molecule has 1 N–H and O–H groups in total. The second-order valence-electron chi connectivity index (χ2n) is 7.67. The normalized spacial score (nSPS) is 29.3. The maximum atomic E-state index is 12.7. The van der Waals surface area contributed by atoms with E-state index in [2.05, 4.69) is 19.2 Å². The van der Waals surface area contributed by atoms with E-state index in [1.54, 1.807) is 4.90 Å². The van der Waals surface area contributed by atoms with Gasteiger partial charge in [-0.2, -0.15) is 0 Å². The number of likely N-dealkylation sites (N-methyl/N-ethyl adjacent to an activating group) is 1. The molecule has 2 aliphatic heterocycles. The molecule has 2 aliphatic rings. The fourth-order valence-electron chi connectivity index (χ4n) is 3.23. The standard InChI is InChI=1S/C16H28N2O3/c1-14(2)8-12(15(3,4)17-14)13(19)18(7)9-11-10-20-16(5,6)21-11/h8,11,17H,9-10H2,1-7H3. The van der Waals surface area contributed by atoms with Gasteiger partial charge in [0.2, 0.25) is 0 Å². The molecule has 120 valence electrons. The molecule has 5 heteroatoms. The summed E-state index contributed by atoms with van der Waals surface area (Å²) in [6.07, 6.45) is 1.96. The SMILES string of the molecule is CN(CC1COC(C)(C)O1)C(=O)C1=CC(C)(C)NC1(C)C. The van der Waals surface area contributed by atoms with Gasteiger partial charge in [0.05, 0.1) is 6.61 Å². The van der Waals surface area contributed by atoms with E-state index in [4.69, 9.17) is 9.47 Å². The molecular weight excluding hydrogens is 268 g/mol. The fourth-order valence-corrected chi connectivity index (χ4v) is 3.23. The lowest BCUT2D eigenvalue weighted by Gasteiger charge is -2.30. The molecule has 0 bridgehead atoms. The van der Waals surface area contributed by atoms with Gasteiger partial charge in [0.25, 0.3) is 5.91 Å². The second-order valence-corrected chi connectivity index (χ2v) is 7.67. The molecule has 0 saturated carbocycles. The summed E-state index contributed by atoms with van der Waals surface area (Å²) >= 11 is 0. The van der Waals surface area contributed by atoms with Gasteiger partial charge in [-0.25, -0.2) is 0 Å². The molecule has 0 spiro atoms. The Morgan fingerprint density at radius 2 is 1.95 bits per heavy atom. The van der Waals surface area contributed by atoms with Crippen LogP contribution in [0.15, 0.2) is 11.6 Å². The van der Waals surface area contributed by atoms with Crippen molar-refractivity contribution in [2.75, 3.05) is 20.2 Å². The highest BCUT2D eigenvalue weighted by Gasteiger charge is 2.42. The topological polar surface area (TPSA) is 50.8 Å². The predicted octanol–water partition coefficient (Wildman–Crippen LogP) is 1.68. The number of amides is 1. The summed E-state index contributed by atoms with van der Waals surface area (Å²) in [4.78, 5) is 14.4.